The SMILES string of the molecule is CC(C)(C)NSc1ccccc1.Cl. The fourth-order valence-electron chi connectivity index (χ4n) is 0.701. The van der Waals surface area contributed by atoms with Crippen LogP contribution in [0.4, 0.5) is 0 Å². The van der Waals surface area contributed by atoms with Crippen molar-refractivity contribution in [3.8, 4) is 0 Å². The molecule has 74 valence electrons. The molecular formula is C10H16ClNS. The molecule has 3 heteroatoms. The van der Waals surface area contributed by atoms with E-state index in [1.807, 2.05) is 18.2 Å². The predicted octanol–water partition coefficient (Wildman–Crippen LogP) is 3.50. The molecule has 1 aromatic rings. The number of hydrogen-bond acceptors (Lipinski definition) is 2. The molecule has 0 fully saturated rings. The quantitative estimate of drug-likeness (QED) is 0.762. The van der Waals surface area contributed by atoms with E-state index in [4.69, 9.17) is 0 Å². The summed E-state index contributed by atoms with van der Waals surface area (Å²) in [6, 6.07) is 10.3. The Morgan fingerprint density at radius 1 is 1.08 bits per heavy atom. The Bertz CT molecular complexity index is 230. The van der Waals surface area contributed by atoms with Crippen LogP contribution in [0.5, 0.6) is 0 Å². The van der Waals surface area contributed by atoms with Gasteiger partial charge in [0.1, 0.15) is 0 Å². The lowest BCUT2D eigenvalue weighted by Crippen LogP contribution is -2.29. The summed E-state index contributed by atoms with van der Waals surface area (Å²) in [5.74, 6) is 0. The molecule has 0 heterocycles. The first-order valence-corrected chi connectivity index (χ1v) is 4.89. The van der Waals surface area contributed by atoms with Gasteiger partial charge in [0.25, 0.3) is 0 Å². The molecule has 0 aliphatic carbocycles. The molecule has 1 aromatic carbocycles. The van der Waals surface area contributed by atoms with Gasteiger partial charge in [-0.05, 0) is 44.9 Å². The van der Waals surface area contributed by atoms with Crippen LogP contribution >= 0.6 is 24.4 Å². The maximum atomic E-state index is 3.35. The lowest BCUT2D eigenvalue weighted by atomic mass is 10.1. The summed E-state index contributed by atoms with van der Waals surface area (Å²) in [7, 11) is 0. The molecule has 1 nitrogen and oxygen atoms in total. The fourth-order valence-corrected chi connectivity index (χ4v) is 1.42. The molecule has 1 rings (SSSR count). The Morgan fingerprint density at radius 3 is 2.08 bits per heavy atom. The molecule has 0 spiro atoms. The molecule has 0 aliphatic heterocycles. The summed E-state index contributed by atoms with van der Waals surface area (Å²) in [6.45, 7) is 6.47. The van der Waals surface area contributed by atoms with Crippen LogP contribution in [0.25, 0.3) is 0 Å². The van der Waals surface area contributed by atoms with Crippen LogP contribution in [0.15, 0.2) is 35.2 Å². The third kappa shape index (κ3) is 5.97. The van der Waals surface area contributed by atoms with E-state index in [0.29, 0.717) is 0 Å². The van der Waals surface area contributed by atoms with Gasteiger partial charge in [0, 0.05) is 10.4 Å². The van der Waals surface area contributed by atoms with Crippen molar-refractivity contribution in [1.82, 2.24) is 4.72 Å². The van der Waals surface area contributed by atoms with Gasteiger partial charge in [-0.1, -0.05) is 18.2 Å². The predicted molar refractivity (Wildman–Crippen MR) is 62.4 cm³/mol. The second kappa shape index (κ2) is 5.53. The van der Waals surface area contributed by atoms with Crippen LogP contribution in [0.3, 0.4) is 0 Å². The molecule has 0 aliphatic rings. The Morgan fingerprint density at radius 2 is 1.62 bits per heavy atom. The van der Waals surface area contributed by atoms with E-state index < -0.39 is 0 Å². The summed E-state index contributed by atoms with van der Waals surface area (Å²) in [5, 5.41) is 0. The van der Waals surface area contributed by atoms with Crippen molar-refractivity contribution in [3.05, 3.63) is 30.3 Å². The van der Waals surface area contributed by atoms with Crippen LogP contribution in [0.1, 0.15) is 20.8 Å². The van der Waals surface area contributed by atoms with Crippen LogP contribution in [0, 0.1) is 0 Å². The number of rotatable bonds is 2. The Balaban J connectivity index is 0.00000144. The third-order valence-corrected chi connectivity index (χ3v) is 2.44. The minimum atomic E-state index is 0. The van der Waals surface area contributed by atoms with Crippen LogP contribution in [-0.2, 0) is 0 Å². The molecule has 1 N–H and O–H groups in total. The van der Waals surface area contributed by atoms with Crippen molar-refractivity contribution in [2.45, 2.75) is 31.2 Å². The van der Waals surface area contributed by atoms with Crippen molar-refractivity contribution in [1.29, 1.82) is 0 Å². The highest BCUT2D eigenvalue weighted by Crippen LogP contribution is 2.16. The summed E-state index contributed by atoms with van der Waals surface area (Å²) in [5.41, 5.74) is 0.167. The zero-order valence-electron chi connectivity index (χ0n) is 8.20. The minimum absolute atomic E-state index is 0. The van der Waals surface area contributed by atoms with Gasteiger partial charge in [-0.3, -0.25) is 4.72 Å². The van der Waals surface area contributed by atoms with Gasteiger partial charge < -0.3 is 0 Å². The summed E-state index contributed by atoms with van der Waals surface area (Å²) in [4.78, 5) is 1.26. The first kappa shape index (κ1) is 12.8. The van der Waals surface area contributed by atoms with Gasteiger partial charge in [-0.25, -0.2) is 0 Å². The van der Waals surface area contributed by atoms with Gasteiger partial charge >= 0.3 is 0 Å². The van der Waals surface area contributed by atoms with Crippen molar-refractivity contribution in [3.63, 3.8) is 0 Å². The maximum absolute atomic E-state index is 3.35. The van der Waals surface area contributed by atoms with Crippen molar-refractivity contribution in [2.24, 2.45) is 0 Å². The van der Waals surface area contributed by atoms with Crippen LogP contribution in [0.2, 0.25) is 0 Å². The molecule has 0 radical (unpaired) electrons. The lowest BCUT2D eigenvalue weighted by Gasteiger charge is -2.19. The van der Waals surface area contributed by atoms with Crippen molar-refractivity contribution in [2.75, 3.05) is 0 Å². The Hall–Kier alpha value is -0.180. The summed E-state index contributed by atoms with van der Waals surface area (Å²) >= 11 is 1.68. The fraction of sp³-hybridized carbons (Fsp3) is 0.400. The second-order valence-electron chi connectivity index (χ2n) is 3.77. The van der Waals surface area contributed by atoms with Gasteiger partial charge in [-0.15, -0.1) is 12.4 Å². The zero-order chi connectivity index (χ0) is 9.03. The van der Waals surface area contributed by atoms with Gasteiger partial charge in [-0.2, -0.15) is 0 Å². The number of nitrogens with one attached hydrogen (secondary N) is 1. The van der Waals surface area contributed by atoms with Gasteiger partial charge in [0.15, 0.2) is 0 Å². The summed E-state index contributed by atoms with van der Waals surface area (Å²) in [6.07, 6.45) is 0. The first-order valence-electron chi connectivity index (χ1n) is 4.07. The molecule has 0 amide bonds. The second-order valence-corrected chi connectivity index (χ2v) is 4.65. The standard InChI is InChI=1S/C10H15NS.ClH/c1-10(2,3)11-12-9-7-5-4-6-8-9;/h4-8,11H,1-3H3;1H. The monoisotopic (exact) mass is 217 g/mol. The van der Waals surface area contributed by atoms with E-state index in [9.17, 15) is 0 Å². The van der Waals surface area contributed by atoms with E-state index in [-0.39, 0.29) is 17.9 Å². The molecule has 0 unspecified atom stereocenters. The normalized spacial score (nSPS) is 10.7. The topological polar surface area (TPSA) is 12.0 Å². The highest BCUT2D eigenvalue weighted by atomic mass is 35.5. The lowest BCUT2D eigenvalue weighted by molar-refractivity contribution is 0.535. The molecule has 0 saturated heterocycles. The molecule has 13 heavy (non-hydrogen) atoms. The van der Waals surface area contributed by atoms with E-state index in [1.165, 1.54) is 4.90 Å². The van der Waals surface area contributed by atoms with Crippen molar-refractivity contribution >= 4 is 24.4 Å². The van der Waals surface area contributed by atoms with Gasteiger partial charge in [0.2, 0.25) is 0 Å². The van der Waals surface area contributed by atoms with Crippen LogP contribution < -0.4 is 4.72 Å². The van der Waals surface area contributed by atoms with E-state index in [1.54, 1.807) is 11.9 Å². The first-order chi connectivity index (χ1) is 5.58. The number of hydrogen-bond donors (Lipinski definition) is 1. The Kier molecular flexibility index (Phi) is 5.45. The van der Waals surface area contributed by atoms with E-state index in [0.717, 1.165) is 0 Å². The average molecular weight is 218 g/mol. The molecule has 0 saturated carbocycles. The molecular weight excluding hydrogens is 202 g/mol. The number of benzene rings is 1. The molecule has 0 bridgehead atoms. The average Bonchev–Trinajstić information content (AvgIpc) is 2.02. The summed E-state index contributed by atoms with van der Waals surface area (Å²) < 4.78 is 3.35. The molecule has 0 atom stereocenters. The minimum Gasteiger partial charge on any atom is -0.255 e. The largest absolute Gasteiger partial charge is 0.255 e. The van der Waals surface area contributed by atoms with Crippen LogP contribution in [-0.4, -0.2) is 5.54 Å². The number of halogens is 1. The smallest absolute Gasteiger partial charge is 0.0228 e. The van der Waals surface area contributed by atoms with Gasteiger partial charge in [0.05, 0.1) is 0 Å². The maximum Gasteiger partial charge on any atom is 0.0228 e. The highest BCUT2D eigenvalue weighted by Gasteiger charge is 2.08. The highest BCUT2D eigenvalue weighted by molar-refractivity contribution is 7.97. The van der Waals surface area contributed by atoms with Crippen molar-refractivity contribution < 1.29 is 0 Å². The third-order valence-electron chi connectivity index (χ3n) is 1.22. The van der Waals surface area contributed by atoms with E-state index in [2.05, 4.69) is 37.6 Å². The zero-order valence-corrected chi connectivity index (χ0v) is 9.84. The van der Waals surface area contributed by atoms with E-state index >= 15 is 0 Å². The Labute approximate surface area is 90.9 Å². The molecule has 0 aromatic heterocycles.